The van der Waals surface area contributed by atoms with E-state index in [1.807, 2.05) is 7.05 Å². The highest BCUT2D eigenvalue weighted by atomic mass is 15.4. The van der Waals surface area contributed by atoms with Crippen LogP contribution < -0.4 is 10.6 Å². The summed E-state index contributed by atoms with van der Waals surface area (Å²) in [6.07, 6.45) is 4.87. The molecule has 2 heterocycles. The smallest absolute Gasteiger partial charge is 0.207 e. The highest BCUT2D eigenvalue weighted by Crippen LogP contribution is 2.39. The molecule has 128 valence electrons. The van der Waals surface area contributed by atoms with Crippen molar-refractivity contribution in [2.24, 2.45) is 23.7 Å². The molecule has 3 rings (SSSR count). The van der Waals surface area contributed by atoms with E-state index in [4.69, 9.17) is 15.7 Å². The van der Waals surface area contributed by atoms with Gasteiger partial charge in [0, 0.05) is 32.6 Å². The van der Waals surface area contributed by atoms with Crippen molar-refractivity contribution >= 4 is 17.6 Å². The van der Waals surface area contributed by atoms with Crippen molar-refractivity contribution < 1.29 is 0 Å². The Kier molecular flexibility index (Phi) is 4.36. The Balaban J connectivity index is 2.06. The van der Waals surface area contributed by atoms with Crippen LogP contribution in [0.1, 0.15) is 58.3 Å². The summed E-state index contributed by atoms with van der Waals surface area (Å²) in [4.78, 5) is 14.3. The fourth-order valence-corrected chi connectivity index (χ4v) is 3.71. The largest absolute Gasteiger partial charge is 0.343 e. The maximum atomic E-state index is 6.57. The number of nitrogens with zero attached hydrogens (tertiary/aromatic N) is 5. The lowest BCUT2D eigenvalue weighted by Crippen LogP contribution is -2.44. The summed E-state index contributed by atoms with van der Waals surface area (Å²) in [6, 6.07) is 0.384. The lowest BCUT2D eigenvalue weighted by atomic mass is 10.0. The molecule has 1 aromatic heterocycles. The fourth-order valence-electron chi connectivity index (χ4n) is 3.71. The Morgan fingerprint density at radius 3 is 2.52 bits per heavy atom. The second-order valence-electron chi connectivity index (χ2n) is 7.07. The van der Waals surface area contributed by atoms with Gasteiger partial charge in [-0.15, -0.1) is 0 Å². The third-order valence-corrected chi connectivity index (χ3v) is 5.35. The molecule has 0 radical (unpaired) electrons. The van der Waals surface area contributed by atoms with Crippen molar-refractivity contribution in [2.45, 2.75) is 58.7 Å². The molecule has 0 bridgehead atoms. The molecule has 0 aromatic carbocycles. The summed E-state index contributed by atoms with van der Waals surface area (Å²) in [5.74, 6) is 3.60. The molecule has 1 atom stereocenters. The van der Waals surface area contributed by atoms with Gasteiger partial charge in [-0.3, -0.25) is 4.57 Å². The first-order chi connectivity index (χ1) is 11.0. The summed E-state index contributed by atoms with van der Waals surface area (Å²) >= 11 is 0. The molecule has 0 saturated heterocycles. The number of hydrogen-bond acceptors (Lipinski definition) is 5. The van der Waals surface area contributed by atoms with E-state index in [0.717, 1.165) is 24.0 Å². The SMILES string of the molecule is CCN1C(C2CCCC2)=Nc2c(nc(N(C)C(C)C)n2C)C1N. The number of nitrogens with two attached hydrogens (primary N) is 1. The monoisotopic (exact) mass is 318 g/mol. The summed E-state index contributed by atoms with van der Waals surface area (Å²) < 4.78 is 2.09. The van der Waals surface area contributed by atoms with Crippen LogP contribution in [-0.4, -0.2) is 39.9 Å². The standard InChI is InChI=1S/C17H30N6/c1-6-23-14(18)13-16(20-15(23)12-9-7-8-10-12)22(5)17(19-13)21(4)11(2)3/h11-12,14H,6-10,18H2,1-5H3. The van der Waals surface area contributed by atoms with Gasteiger partial charge in [-0.1, -0.05) is 12.8 Å². The first-order valence-electron chi connectivity index (χ1n) is 8.85. The van der Waals surface area contributed by atoms with Gasteiger partial charge in [0.25, 0.3) is 0 Å². The third-order valence-electron chi connectivity index (χ3n) is 5.35. The first-order valence-corrected chi connectivity index (χ1v) is 8.85. The van der Waals surface area contributed by atoms with Crippen LogP contribution in [0.2, 0.25) is 0 Å². The molecule has 0 amide bonds. The topological polar surface area (TPSA) is 62.7 Å². The summed E-state index contributed by atoms with van der Waals surface area (Å²) in [5.41, 5.74) is 7.47. The van der Waals surface area contributed by atoms with Gasteiger partial charge in [0.2, 0.25) is 5.95 Å². The van der Waals surface area contributed by atoms with Gasteiger partial charge in [0.1, 0.15) is 17.7 Å². The highest BCUT2D eigenvalue weighted by molar-refractivity contribution is 5.89. The van der Waals surface area contributed by atoms with Gasteiger partial charge < -0.3 is 15.5 Å². The van der Waals surface area contributed by atoms with E-state index in [9.17, 15) is 0 Å². The van der Waals surface area contributed by atoms with Crippen LogP contribution in [0, 0.1) is 5.92 Å². The fraction of sp³-hybridized carbons (Fsp3) is 0.765. The van der Waals surface area contributed by atoms with Crippen molar-refractivity contribution in [3.8, 4) is 0 Å². The Morgan fingerprint density at radius 2 is 1.96 bits per heavy atom. The van der Waals surface area contributed by atoms with Crippen LogP contribution in [0.3, 0.4) is 0 Å². The average molecular weight is 318 g/mol. The van der Waals surface area contributed by atoms with E-state index in [1.165, 1.54) is 31.5 Å². The molecule has 6 nitrogen and oxygen atoms in total. The molecule has 23 heavy (non-hydrogen) atoms. The molecular formula is C17H30N6. The summed E-state index contributed by atoms with van der Waals surface area (Å²) in [5, 5.41) is 0. The van der Waals surface area contributed by atoms with E-state index >= 15 is 0 Å². The molecule has 1 fully saturated rings. The number of amidine groups is 1. The molecule has 1 aliphatic carbocycles. The van der Waals surface area contributed by atoms with E-state index < -0.39 is 0 Å². The highest BCUT2D eigenvalue weighted by Gasteiger charge is 2.35. The first kappa shape index (κ1) is 16.3. The van der Waals surface area contributed by atoms with Gasteiger partial charge in [0.05, 0.1) is 0 Å². The molecule has 6 heteroatoms. The molecule has 2 aliphatic rings. The second kappa shape index (κ2) is 6.15. The molecule has 1 aromatic rings. The van der Waals surface area contributed by atoms with E-state index in [0.29, 0.717) is 12.0 Å². The quantitative estimate of drug-likeness (QED) is 0.927. The molecule has 1 saturated carbocycles. The maximum Gasteiger partial charge on any atom is 0.207 e. The average Bonchev–Trinajstić information content (AvgIpc) is 3.15. The van der Waals surface area contributed by atoms with Gasteiger partial charge in [0.15, 0.2) is 5.82 Å². The summed E-state index contributed by atoms with van der Waals surface area (Å²) in [7, 11) is 4.12. The van der Waals surface area contributed by atoms with E-state index in [2.05, 4.69) is 42.2 Å². The minimum atomic E-state index is -0.191. The minimum absolute atomic E-state index is 0.191. The zero-order valence-electron chi connectivity index (χ0n) is 15.1. The summed E-state index contributed by atoms with van der Waals surface area (Å²) in [6.45, 7) is 7.36. The zero-order chi connectivity index (χ0) is 16.7. The molecule has 2 N–H and O–H groups in total. The zero-order valence-corrected chi connectivity index (χ0v) is 15.1. The van der Waals surface area contributed by atoms with Crippen molar-refractivity contribution in [3.05, 3.63) is 5.69 Å². The van der Waals surface area contributed by atoms with E-state index in [1.54, 1.807) is 0 Å². The predicted octanol–water partition coefficient (Wildman–Crippen LogP) is 2.78. The minimum Gasteiger partial charge on any atom is -0.343 e. The van der Waals surface area contributed by atoms with Crippen LogP contribution in [0.25, 0.3) is 0 Å². The van der Waals surface area contributed by atoms with E-state index in [-0.39, 0.29) is 6.17 Å². The molecule has 1 aliphatic heterocycles. The van der Waals surface area contributed by atoms with Crippen molar-refractivity contribution in [1.29, 1.82) is 0 Å². The van der Waals surface area contributed by atoms with Crippen LogP contribution in [0.15, 0.2) is 4.99 Å². The molecule has 0 spiro atoms. The maximum absolute atomic E-state index is 6.57. The van der Waals surface area contributed by atoms with Crippen LogP contribution in [0.5, 0.6) is 0 Å². The number of aliphatic imine (C=N–C) groups is 1. The number of fused-ring (bicyclic) bond motifs is 1. The van der Waals surface area contributed by atoms with Gasteiger partial charge in [-0.25, -0.2) is 9.98 Å². The van der Waals surface area contributed by atoms with Crippen LogP contribution in [0.4, 0.5) is 11.8 Å². The van der Waals surface area contributed by atoms with Crippen molar-refractivity contribution in [1.82, 2.24) is 14.5 Å². The van der Waals surface area contributed by atoms with Crippen molar-refractivity contribution in [3.63, 3.8) is 0 Å². The Hall–Kier alpha value is -1.56. The Bertz CT molecular complexity index is 596. The third kappa shape index (κ3) is 2.63. The lowest BCUT2D eigenvalue weighted by molar-refractivity contribution is 0.309. The lowest BCUT2D eigenvalue weighted by Gasteiger charge is -2.35. The number of aromatic nitrogens is 2. The number of anilines is 1. The second-order valence-corrected chi connectivity index (χ2v) is 7.07. The van der Waals surface area contributed by atoms with Crippen LogP contribution in [-0.2, 0) is 7.05 Å². The molecule has 1 unspecified atom stereocenters. The van der Waals surface area contributed by atoms with Gasteiger partial charge in [-0.2, -0.15) is 0 Å². The molecular weight excluding hydrogens is 288 g/mol. The number of imidazole rings is 1. The number of hydrogen-bond donors (Lipinski definition) is 1. The van der Waals surface area contributed by atoms with Gasteiger partial charge >= 0.3 is 0 Å². The van der Waals surface area contributed by atoms with Gasteiger partial charge in [-0.05, 0) is 33.6 Å². The van der Waals surface area contributed by atoms with Crippen molar-refractivity contribution in [2.75, 3.05) is 18.5 Å². The predicted molar refractivity (Wildman–Crippen MR) is 95.1 cm³/mol. The normalized spacial score (nSPS) is 21.8. The Labute approximate surface area is 139 Å². The number of rotatable bonds is 4. The van der Waals surface area contributed by atoms with Crippen LogP contribution >= 0.6 is 0 Å². The Morgan fingerprint density at radius 1 is 1.30 bits per heavy atom.